The van der Waals surface area contributed by atoms with E-state index in [1.165, 1.54) is 12.8 Å². The molecule has 0 amide bonds. The molecule has 1 aliphatic rings. The fraction of sp³-hybridized carbons (Fsp3) is 0.500. The molecule has 18 heavy (non-hydrogen) atoms. The van der Waals surface area contributed by atoms with Crippen molar-refractivity contribution in [1.29, 1.82) is 5.26 Å². The zero-order chi connectivity index (χ0) is 13.1. The number of hydrogen-bond acceptors (Lipinski definition) is 3. The van der Waals surface area contributed by atoms with Gasteiger partial charge in [-0.2, -0.15) is 5.26 Å². The van der Waals surface area contributed by atoms with E-state index in [-0.39, 0.29) is 6.04 Å². The molecule has 1 aliphatic heterocycles. The predicted octanol–water partition coefficient (Wildman–Crippen LogP) is 3.03. The number of piperidine rings is 1. The standard InChI is InChI=1S/C14H18BrN3/c1-10(17)14-4-2-3-7-18(14)12-6-5-11(9-16)13(15)8-12/h5-6,8,10,14H,2-4,7,17H2,1H3. The molecule has 0 aromatic heterocycles. The molecule has 2 atom stereocenters. The van der Waals surface area contributed by atoms with Crippen LogP contribution in [0.15, 0.2) is 22.7 Å². The Morgan fingerprint density at radius 3 is 2.89 bits per heavy atom. The van der Waals surface area contributed by atoms with Crippen molar-refractivity contribution in [3.63, 3.8) is 0 Å². The van der Waals surface area contributed by atoms with Gasteiger partial charge in [0.15, 0.2) is 0 Å². The Labute approximate surface area is 117 Å². The minimum absolute atomic E-state index is 0.166. The molecule has 1 aromatic rings. The number of anilines is 1. The molecule has 1 saturated heterocycles. The van der Waals surface area contributed by atoms with Crippen LogP contribution in [0.1, 0.15) is 31.7 Å². The molecule has 96 valence electrons. The van der Waals surface area contributed by atoms with E-state index in [1.807, 2.05) is 18.2 Å². The van der Waals surface area contributed by atoms with Crippen molar-refractivity contribution in [2.75, 3.05) is 11.4 Å². The van der Waals surface area contributed by atoms with Crippen LogP contribution < -0.4 is 10.6 Å². The fourth-order valence-electron chi connectivity index (χ4n) is 2.60. The maximum Gasteiger partial charge on any atom is 0.100 e. The van der Waals surface area contributed by atoms with Crippen molar-refractivity contribution in [3.05, 3.63) is 28.2 Å². The molecular weight excluding hydrogens is 290 g/mol. The number of rotatable bonds is 2. The van der Waals surface area contributed by atoms with Crippen molar-refractivity contribution >= 4 is 21.6 Å². The lowest BCUT2D eigenvalue weighted by Gasteiger charge is -2.40. The second kappa shape index (κ2) is 5.73. The molecule has 0 saturated carbocycles. The first-order valence-corrected chi connectivity index (χ1v) is 7.14. The first-order valence-electron chi connectivity index (χ1n) is 6.35. The number of halogens is 1. The lowest BCUT2D eigenvalue weighted by Crippen LogP contribution is -2.49. The maximum absolute atomic E-state index is 8.95. The van der Waals surface area contributed by atoms with Gasteiger partial charge in [-0.3, -0.25) is 0 Å². The highest BCUT2D eigenvalue weighted by molar-refractivity contribution is 9.10. The van der Waals surface area contributed by atoms with Crippen LogP contribution in [0.3, 0.4) is 0 Å². The Balaban J connectivity index is 2.29. The molecule has 0 radical (unpaired) electrons. The van der Waals surface area contributed by atoms with Crippen molar-refractivity contribution in [2.45, 2.75) is 38.3 Å². The average Bonchev–Trinajstić information content (AvgIpc) is 2.38. The summed E-state index contributed by atoms with van der Waals surface area (Å²) in [6.07, 6.45) is 3.61. The first kappa shape index (κ1) is 13.4. The van der Waals surface area contributed by atoms with Gasteiger partial charge in [0.25, 0.3) is 0 Å². The van der Waals surface area contributed by atoms with Gasteiger partial charge in [-0.25, -0.2) is 0 Å². The second-order valence-electron chi connectivity index (χ2n) is 4.89. The summed E-state index contributed by atoms with van der Waals surface area (Å²) < 4.78 is 0.858. The molecule has 1 heterocycles. The minimum atomic E-state index is 0.166. The monoisotopic (exact) mass is 307 g/mol. The van der Waals surface area contributed by atoms with Gasteiger partial charge in [0.05, 0.1) is 5.56 Å². The van der Waals surface area contributed by atoms with Crippen molar-refractivity contribution in [1.82, 2.24) is 0 Å². The van der Waals surface area contributed by atoms with Crippen molar-refractivity contribution in [3.8, 4) is 6.07 Å². The predicted molar refractivity (Wildman–Crippen MR) is 77.5 cm³/mol. The summed E-state index contributed by atoms with van der Waals surface area (Å²) >= 11 is 3.45. The fourth-order valence-corrected chi connectivity index (χ4v) is 3.05. The summed E-state index contributed by atoms with van der Waals surface area (Å²) in [5.41, 5.74) is 7.91. The van der Waals surface area contributed by atoms with Crippen LogP contribution in [0.25, 0.3) is 0 Å². The molecule has 4 heteroatoms. The van der Waals surface area contributed by atoms with Gasteiger partial charge in [0.1, 0.15) is 6.07 Å². The van der Waals surface area contributed by atoms with E-state index in [4.69, 9.17) is 11.0 Å². The minimum Gasteiger partial charge on any atom is -0.367 e. The molecule has 2 rings (SSSR count). The summed E-state index contributed by atoms with van der Waals surface area (Å²) in [6, 6.07) is 8.65. The topological polar surface area (TPSA) is 53.0 Å². The third kappa shape index (κ3) is 2.68. The molecular formula is C14H18BrN3. The summed E-state index contributed by atoms with van der Waals surface area (Å²) in [4.78, 5) is 2.38. The SMILES string of the molecule is CC(N)C1CCCCN1c1ccc(C#N)c(Br)c1. The van der Waals surface area contributed by atoms with E-state index in [2.05, 4.69) is 33.8 Å². The summed E-state index contributed by atoms with van der Waals surface area (Å²) in [7, 11) is 0. The van der Waals surface area contributed by atoms with Gasteiger partial charge in [-0.15, -0.1) is 0 Å². The molecule has 0 aliphatic carbocycles. The number of benzene rings is 1. The lowest BCUT2D eigenvalue weighted by molar-refractivity contribution is 0.413. The van der Waals surface area contributed by atoms with E-state index in [0.29, 0.717) is 11.6 Å². The van der Waals surface area contributed by atoms with E-state index in [1.54, 1.807) is 0 Å². The second-order valence-corrected chi connectivity index (χ2v) is 5.75. The van der Waals surface area contributed by atoms with E-state index in [9.17, 15) is 0 Å². The normalized spacial score (nSPS) is 21.4. The van der Waals surface area contributed by atoms with E-state index in [0.717, 1.165) is 23.1 Å². The Hall–Kier alpha value is -1.05. The molecule has 1 fully saturated rings. The van der Waals surface area contributed by atoms with Crippen molar-refractivity contribution in [2.24, 2.45) is 5.73 Å². The Bertz CT molecular complexity index is 465. The Morgan fingerprint density at radius 1 is 1.50 bits per heavy atom. The Kier molecular flexibility index (Phi) is 4.26. The van der Waals surface area contributed by atoms with E-state index < -0.39 is 0 Å². The summed E-state index contributed by atoms with van der Waals surface area (Å²) in [5.74, 6) is 0. The van der Waals surface area contributed by atoms with Gasteiger partial charge >= 0.3 is 0 Å². The van der Waals surface area contributed by atoms with Crippen LogP contribution in [0.2, 0.25) is 0 Å². The quantitative estimate of drug-likeness (QED) is 0.913. The van der Waals surface area contributed by atoms with E-state index >= 15 is 0 Å². The van der Waals surface area contributed by atoms with Gasteiger partial charge < -0.3 is 10.6 Å². The Morgan fingerprint density at radius 2 is 2.28 bits per heavy atom. The van der Waals surface area contributed by atoms with Crippen LogP contribution in [0.5, 0.6) is 0 Å². The van der Waals surface area contributed by atoms with Crippen LogP contribution in [-0.4, -0.2) is 18.6 Å². The van der Waals surface area contributed by atoms with Crippen LogP contribution in [-0.2, 0) is 0 Å². The molecule has 3 nitrogen and oxygen atoms in total. The number of nitrogens with two attached hydrogens (primary N) is 1. The summed E-state index contributed by atoms with van der Waals surface area (Å²) in [5, 5.41) is 8.95. The van der Waals surface area contributed by atoms with Gasteiger partial charge in [-0.05, 0) is 60.3 Å². The zero-order valence-corrected chi connectivity index (χ0v) is 12.2. The third-order valence-corrected chi connectivity index (χ3v) is 4.22. The number of nitriles is 1. The van der Waals surface area contributed by atoms with Crippen molar-refractivity contribution < 1.29 is 0 Å². The van der Waals surface area contributed by atoms with Gasteiger partial charge in [-0.1, -0.05) is 0 Å². The third-order valence-electron chi connectivity index (χ3n) is 3.56. The smallest absolute Gasteiger partial charge is 0.100 e. The summed E-state index contributed by atoms with van der Waals surface area (Å²) in [6.45, 7) is 3.12. The lowest BCUT2D eigenvalue weighted by atomic mass is 9.96. The average molecular weight is 308 g/mol. The maximum atomic E-state index is 8.95. The molecule has 1 aromatic carbocycles. The van der Waals surface area contributed by atoms with Crippen LogP contribution in [0, 0.1) is 11.3 Å². The van der Waals surface area contributed by atoms with Gasteiger partial charge in [0, 0.05) is 28.8 Å². The highest BCUT2D eigenvalue weighted by Crippen LogP contribution is 2.29. The van der Waals surface area contributed by atoms with Crippen LogP contribution >= 0.6 is 15.9 Å². The highest BCUT2D eigenvalue weighted by Gasteiger charge is 2.25. The number of nitrogens with zero attached hydrogens (tertiary/aromatic N) is 2. The number of hydrogen-bond donors (Lipinski definition) is 1. The molecule has 2 unspecified atom stereocenters. The zero-order valence-electron chi connectivity index (χ0n) is 10.6. The molecule has 2 N–H and O–H groups in total. The highest BCUT2D eigenvalue weighted by atomic mass is 79.9. The largest absolute Gasteiger partial charge is 0.367 e. The van der Waals surface area contributed by atoms with Crippen LogP contribution in [0.4, 0.5) is 5.69 Å². The van der Waals surface area contributed by atoms with Gasteiger partial charge in [0.2, 0.25) is 0 Å². The molecule has 0 spiro atoms. The molecule has 0 bridgehead atoms. The first-order chi connectivity index (χ1) is 8.63.